The quantitative estimate of drug-likeness (QED) is 0.835. The molecule has 7 heteroatoms. The average molecular weight is 263 g/mol. The Morgan fingerprint density at radius 1 is 1.69 bits per heavy atom. The van der Waals surface area contributed by atoms with Crippen LogP contribution in [0, 0.1) is 0 Å². The zero-order valence-corrected chi connectivity index (χ0v) is 10.4. The summed E-state index contributed by atoms with van der Waals surface area (Å²) in [4.78, 5) is 18.3. The standard InChI is InChI=1S/C9H14N4OS.ClH/c10-8(14)7-2-1-3-13(7)5-6-4-12-9(11)15-6;/h4,7H,1-3,5H2,(H2,10,14)(H2,11,12);1H. The normalized spacial score (nSPS) is 20.6. The Morgan fingerprint density at radius 2 is 2.44 bits per heavy atom. The molecule has 16 heavy (non-hydrogen) atoms. The van der Waals surface area contributed by atoms with Crippen molar-refractivity contribution < 1.29 is 4.79 Å². The molecule has 2 rings (SSSR count). The highest BCUT2D eigenvalue weighted by Gasteiger charge is 2.29. The first-order valence-corrected chi connectivity index (χ1v) is 5.72. The number of nitrogens with zero attached hydrogens (tertiary/aromatic N) is 2. The molecule has 0 bridgehead atoms. The minimum Gasteiger partial charge on any atom is -0.375 e. The highest BCUT2D eigenvalue weighted by molar-refractivity contribution is 7.15. The Morgan fingerprint density at radius 3 is 3.00 bits per heavy atom. The van der Waals surface area contributed by atoms with Crippen LogP contribution < -0.4 is 11.5 Å². The first-order valence-electron chi connectivity index (χ1n) is 4.90. The van der Waals surface area contributed by atoms with Gasteiger partial charge in [0.25, 0.3) is 0 Å². The smallest absolute Gasteiger partial charge is 0.234 e. The van der Waals surface area contributed by atoms with Gasteiger partial charge in [0, 0.05) is 17.6 Å². The molecule has 1 aliphatic rings. The van der Waals surface area contributed by atoms with E-state index >= 15 is 0 Å². The molecule has 1 aromatic rings. The molecule has 90 valence electrons. The summed E-state index contributed by atoms with van der Waals surface area (Å²) in [6.45, 7) is 1.65. The van der Waals surface area contributed by atoms with Crippen LogP contribution in [0.1, 0.15) is 17.7 Å². The lowest BCUT2D eigenvalue weighted by Gasteiger charge is -2.20. The fourth-order valence-corrected chi connectivity index (χ4v) is 2.64. The molecular weight excluding hydrogens is 248 g/mol. The molecule has 0 spiro atoms. The molecule has 1 unspecified atom stereocenters. The lowest BCUT2D eigenvalue weighted by atomic mass is 10.2. The van der Waals surface area contributed by atoms with E-state index < -0.39 is 0 Å². The van der Waals surface area contributed by atoms with Crippen LogP contribution in [0.25, 0.3) is 0 Å². The second kappa shape index (κ2) is 5.47. The van der Waals surface area contributed by atoms with Crippen LogP contribution in [0.15, 0.2) is 6.20 Å². The van der Waals surface area contributed by atoms with Crippen LogP contribution in [0.5, 0.6) is 0 Å². The van der Waals surface area contributed by atoms with Crippen molar-refractivity contribution in [3.8, 4) is 0 Å². The Bertz CT molecular complexity index is 370. The van der Waals surface area contributed by atoms with E-state index in [1.54, 1.807) is 6.20 Å². The number of carbonyl (C=O) groups excluding carboxylic acids is 1. The number of halogens is 1. The highest BCUT2D eigenvalue weighted by atomic mass is 35.5. The van der Waals surface area contributed by atoms with Gasteiger partial charge in [-0.2, -0.15) is 0 Å². The van der Waals surface area contributed by atoms with Crippen molar-refractivity contribution in [1.29, 1.82) is 0 Å². The number of primary amides is 1. The van der Waals surface area contributed by atoms with Crippen LogP contribution in [0.3, 0.4) is 0 Å². The SMILES string of the molecule is Cl.NC(=O)C1CCCN1Cc1cnc(N)s1. The van der Waals surface area contributed by atoms with Gasteiger partial charge in [0.05, 0.1) is 6.04 Å². The maximum absolute atomic E-state index is 11.2. The maximum Gasteiger partial charge on any atom is 0.234 e. The van der Waals surface area contributed by atoms with Gasteiger partial charge in [-0.15, -0.1) is 23.7 Å². The van der Waals surface area contributed by atoms with Crippen molar-refractivity contribution in [1.82, 2.24) is 9.88 Å². The highest BCUT2D eigenvalue weighted by Crippen LogP contribution is 2.23. The molecule has 1 atom stereocenters. The Kier molecular flexibility index (Phi) is 4.52. The second-order valence-corrected chi connectivity index (χ2v) is 4.84. The third kappa shape index (κ3) is 2.84. The molecule has 0 aromatic carbocycles. The number of hydrogen-bond acceptors (Lipinski definition) is 5. The fourth-order valence-electron chi connectivity index (χ4n) is 1.93. The summed E-state index contributed by atoms with van der Waals surface area (Å²) in [5.41, 5.74) is 10.9. The van der Waals surface area contributed by atoms with E-state index in [1.807, 2.05) is 0 Å². The van der Waals surface area contributed by atoms with Crippen molar-refractivity contribution in [2.24, 2.45) is 5.73 Å². The van der Waals surface area contributed by atoms with Gasteiger partial charge in [0.1, 0.15) is 0 Å². The molecule has 0 aliphatic carbocycles. The van der Waals surface area contributed by atoms with Crippen molar-refractivity contribution in [3.63, 3.8) is 0 Å². The average Bonchev–Trinajstić information content (AvgIpc) is 2.75. The van der Waals surface area contributed by atoms with Gasteiger partial charge in [-0.25, -0.2) is 4.98 Å². The number of rotatable bonds is 3. The minimum atomic E-state index is -0.231. The third-order valence-electron chi connectivity index (χ3n) is 2.62. The minimum absolute atomic E-state index is 0. The number of likely N-dealkylation sites (tertiary alicyclic amines) is 1. The van der Waals surface area contributed by atoms with Crippen LogP contribution in [0.2, 0.25) is 0 Å². The van der Waals surface area contributed by atoms with Crippen molar-refractivity contribution in [2.75, 3.05) is 12.3 Å². The first-order chi connectivity index (χ1) is 7.16. The molecule has 0 radical (unpaired) electrons. The van der Waals surface area contributed by atoms with Crippen molar-refractivity contribution >= 4 is 34.8 Å². The number of amides is 1. The lowest BCUT2D eigenvalue weighted by molar-refractivity contribution is -0.122. The number of nitrogens with two attached hydrogens (primary N) is 2. The Hall–Kier alpha value is -0.850. The predicted molar refractivity (Wildman–Crippen MR) is 66.4 cm³/mol. The summed E-state index contributed by atoms with van der Waals surface area (Å²) in [7, 11) is 0. The zero-order valence-electron chi connectivity index (χ0n) is 8.76. The summed E-state index contributed by atoms with van der Waals surface area (Å²) in [5.74, 6) is -0.231. The number of thiazole rings is 1. The van der Waals surface area contributed by atoms with Gasteiger partial charge in [0.15, 0.2) is 5.13 Å². The van der Waals surface area contributed by atoms with E-state index in [0.717, 1.165) is 30.8 Å². The van der Waals surface area contributed by atoms with Gasteiger partial charge < -0.3 is 11.5 Å². The van der Waals surface area contributed by atoms with Gasteiger partial charge in [-0.1, -0.05) is 0 Å². The third-order valence-corrected chi connectivity index (χ3v) is 3.43. The summed E-state index contributed by atoms with van der Waals surface area (Å²) < 4.78 is 0. The van der Waals surface area contributed by atoms with E-state index in [2.05, 4.69) is 9.88 Å². The molecule has 1 aliphatic heterocycles. The largest absolute Gasteiger partial charge is 0.375 e. The molecule has 1 saturated heterocycles. The van der Waals surface area contributed by atoms with E-state index in [-0.39, 0.29) is 24.4 Å². The molecule has 5 nitrogen and oxygen atoms in total. The number of aromatic nitrogens is 1. The van der Waals surface area contributed by atoms with Crippen LogP contribution in [-0.2, 0) is 11.3 Å². The van der Waals surface area contributed by atoms with Gasteiger partial charge in [0.2, 0.25) is 5.91 Å². The fraction of sp³-hybridized carbons (Fsp3) is 0.556. The molecular formula is C9H15ClN4OS. The van der Waals surface area contributed by atoms with Crippen LogP contribution in [-0.4, -0.2) is 28.4 Å². The first kappa shape index (κ1) is 13.2. The van der Waals surface area contributed by atoms with Crippen molar-refractivity contribution in [3.05, 3.63) is 11.1 Å². The molecule has 2 heterocycles. The molecule has 1 amide bonds. The molecule has 0 saturated carbocycles. The summed E-state index contributed by atoms with van der Waals surface area (Å²) >= 11 is 1.46. The van der Waals surface area contributed by atoms with E-state index in [4.69, 9.17) is 11.5 Å². The summed E-state index contributed by atoms with van der Waals surface area (Å²) in [6.07, 6.45) is 3.65. The molecule has 1 aromatic heterocycles. The van der Waals surface area contributed by atoms with Crippen LogP contribution in [0.4, 0.5) is 5.13 Å². The predicted octanol–water partition coefficient (Wildman–Crippen LogP) is 0.597. The number of carbonyl (C=O) groups is 1. The molecule has 1 fully saturated rings. The summed E-state index contributed by atoms with van der Waals surface area (Å²) in [6, 6.07) is -0.117. The number of anilines is 1. The summed E-state index contributed by atoms with van der Waals surface area (Å²) in [5, 5.41) is 0.569. The van der Waals surface area contributed by atoms with Gasteiger partial charge in [-0.05, 0) is 19.4 Å². The topological polar surface area (TPSA) is 85.2 Å². The van der Waals surface area contributed by atoms with Crippen molar-refractivity contribution in [2.45, 2.75) is 25.4 Å². The maximum atomic E-state index is 11.2. The van der Waals surface area contributed by atoms with Gasteiger partial charge in [-0.3, -0.25) is 9.69 Å². The van der Waals surface area contributed by atoms with E-state index in [0.29, 0.717) is 5.13 Å². The molecule has 4 N–H and O–H groups in total. The Labute approximate surface area is 104 Å². The van der Waals surface area contributed by atoms with E-state index in [9.17, 15) is 4.79 Å². The van der Waals surface area contributed by atoms with E-state index in [1.165, 1.54) is 11.3 Å². The zero-order chi connectivity index (χ0) is 10.8. The lowest BCUT2D eigenvalue weighted by Crippen LogP contribution is -2.39. The second-order valence-electron chi connectivity index (χ2n) is 3.70. The Balaban J connectivity index is 0.00000128. The number of hydrogen-bond donors (Lipinski definition) is 2. The van der Waals surface area contributed by atoms with Gasteiger partial charge >= 0.3 is 0 Å². The number of nitrogen functional groups attached to an aromatic ring is 1. The monoisotopic (exact) mass is 262 g/mol. The van der Waals surface area contributed by atoms with Crippen LogP contribution >= 0.6 is 23.7 Å².